The van der Waals surface area contributed by atoms with E-state index in [0.717, 1.165) is 75.8 Å². The maximum absolute atomic E-state index is 13.5. The van der Waals surface area contributed by atoms with Gasteiger partial charge in [-0.2, -0.15) is 26.3 Å². The van der Waals surface area contributed by atoms with Crippen LogP contribution in [0.5, 0.6) is 23.3 Å². The van der Waals surface area contributed by atoms with Crippen LogP contribution in [0.4, 0.5) is 43.4 Å². The quantitative estimate of drug-likeness (QED) is 0.0793. The van der Waals surface area contributed by atoms with E-state index < -0.39 is 47.2 Å². The first kappa shape index (κ1) is 54.0. The maximum atomic E-state index is 13.5. The van der Waals surface area contributed by atoms with Crippen molar-refractivity contribution >= 4 is 63.4 Å². The van der Waals surface area contributed by atoms with Crippen molar-refractivity contribution in [3.63, 3.8) is 0 Å². The lowest BCUT2D eigenvalue weighted by Gasteiger charge is -2.34. The topological polar surface area (TPSA) is 164 Å². The number of amides is 2. The zero-order valence-corrected chi connectivity index (χ0v) is 40.8. The summed E-state index contributed by atoms with van der Waals surface area (Å²) in [6.45, 7) is 18.3. The third-order valence-corrected chi connectivity index (χ3v) is 12.6. The average Bonchev–Trinajstić information content (AvgIpc) is 3.27. The predicted octanol–water partition coefficient (Wildman–Crippen LogP) is 13.5. The third kappa shape index (κ3) is 13.6. The van der Waals surface area contributed by atoms with Crippen molar-refractivity contribution < 1.29 is 65.2 Å². The number of hydrogen-bond donors (Lipinski definition) is 2. The Morgan fingerprint density at radius 2 is 1.03 bits per heavy atom. The van der Waals surface area contributed by atoms with Crippen molar-refractivity contribution in [2.45, 2.75) is 117 Å². The summed E-state index contributed by atoms with van der Waals surface area (Å²) < 4.78 is 91.6. The molecule has 0 saturated heterocycles. The predicted molar refractivity (Wildman–Crippen MR) is 252 cm³/mol. The van der Waals surface area contributed by atoms with E-state index in [2.05, 4.69) is 28.7 Å². The van der Waals surface area contributed by atoms with Crippen LogP contribution in [0.1, 0.15) is 125 Å². The number of hydrogen-bond acceptors (Lipinski definition) is 8. The fraction of sp³-hybridized carbons (Fsp3) is 0.449. The van der Waals surface area contributed by atoms with Gasteiger partial charge in [-0.15, -0.1) is 0 Å². The average molecular weight is 1080 g/mol. The number of alkyl halides is 6. The van der Waals surface area contributed by atoms with Crippen molar-refractivity contribution in [2.75, 3.05) is 9.80 Å². The molecule has 2 aromatic carbocycles. The van der Waals surface area contributed by atoms with Gasteiger partial charge in [-0.3, -0.25) is 9.59 Å². The molecule has 69 heavy (non-hydrogen) atoms. The van der Waals surface area contributed by atoms with Gasteiger partial charge in [-0.05, 0) is 162 Å². The highest BCUT2D eigenvalue weighted by atomic mass is 127. The Bertz CT molecular complexity index is 2570. The number of nitrogens with zero attached hydrogens (tertiary/aromatic N) is 5. The maximum Gasteiger partial charge on any atom is 0.421 e. The summed E-state index contributed by atoms with van der Waals surface area (Å²) in [7, 11) is 0. The van der Waals surface area contributed by atoms with Crippen molar-refractivity contribution in [2.24, 2.45) is 23.7 Å². The Labute approximate surface area is 409 Å². The van der Waals surface area contributed by atoms with Crippen LogP contribution in [0.2, 0.25) is 0 Å². The third-order valence-electron chi connectivity index (χ3n) is 12.0. The molecule has 0 atom stereocenters. The van der Waals surface area contributed by atoms with Crippen molar-refractivity contribution in [1.29, 1.82) is 0 Å². The van der Waals surface area contributed by atoms with Crippen LogP contribution in [-0.2, 0) is 21.9 Å². The molecule has 2 aliphatic carbocycles. The summed E-state index contributed by atoms with van der Waals surface area (Å²) in [6.07, 6.45) is -0.736. The number of carbonyl (C=O) groups excluding carboxylic acids is 2. The molecule has 370 valence electrons. The lowest BCUT2D eigenvalue weighted by Crippen LogP contribution is -2.42. The number of anilines is 2. The summed E-state index contributed by atoms with van der Waals surface area (Å²) in [5, 5.41) is 19.7. The summed E-state index contributed by atoms with van der Waals surface area (Å²) in [6, 6.07) is 8.50. The molecule has 2 amide bonds. The number of aromatic carboxylic acids is 2. The van der Waals surface area contributed by atoms with Crippen molar-refractivity contribution in [3.05, 3.63) is 98.2 Å². The molecule has 2 saturated carbocycles. The first-order chi connectivity index (χ1) is 32.3. The van der Waals surface area contributed by atoms with Gasteiger partial charge < -0.3 is 29.5 Å². The number of carboxylic acids is 2. The molecule has 0 aliphatic heterocycles. The summed E-state index contributed by atoms with van der Waals surface area (Å²) in [5.74, 6) is -4.09. The van der Waals surface area contributed by atoms with Gasteiger partial charge in [0, 0.05) is 39.9 Å². The van der Waals surface area contributed by atoms with E-state index in [4.69, 9.17) is 16.0 Å². The van der Waals surface area contributed by atoms with Crippen LogP contribution in [0.25, 0.3) is 4.85 Å². The molecule has 2 heterocycles. The van der Waals surface area contributed by atoms with Crippen molar-refractivity contribution in [3.8, 4) is 23.3 Å². The van der Waals surface area contributed by atoms with Crippen LogP contribution in [-0.4, -0.2) is 56.0 Å². The molecule has 0 unspecified atom stereocenters. The number of benzene rings is 2. The molecule has 2 aromatic heterocycles. The van der Waals surface area contributed by atoms with Crippen LogP contribution in [0.3, 0.4) is 0 Å². The smallest absolute Gasteiger partial charge is 0.421 e. The highest BCUT2D eigenvalue weighted by molar-refractivity contribution is 14.1. The minimum absolute atomic E-state index is 0.122. The number of halogens is 7. The summed E-state index contributed by atoms with van der Waals surface area (Å²) in [5.41, 5.74) is -2.80. The lowest BCUT2D eigenvalue weighted by atomic mass is 9.82. The second kappa shape index (κ2) is 22.6. The lowest BCUT2D eigenvalue weighted by molar-refractivity contribution is -0.139. The molecule has 2 aliphatic rings. The molecule has 4 aromatic rings. The Balaban J connectivity index is 0.000000258. The van der Waals surface area contributed by atoms with E-state index in [1.807, 2.05) is 0 Å². The van der Waals surface area contributed by atoms with Gasteiger partial charge >= 0.3 is 24.3 Å². The first-order valence-electron chi connectivity index (χ1n) is 22.2. The van der Waals surface area contributed by atoms with Gasteiger partial charge in [0.1, 0.15) is 22.6 Å². The molecule has 20 heteroatoms. The van der Waals surface area contributed by atoms with E-state index in [9.17, 15) is 55.7 Å². The van der Waals surface area contributed by atoms with Gasteiger partial charge in [0.25, 0.3) is 0 Å². The minimum Gasteiger partial charge on any atom is -0.478 e. The largest absolute Gasteiger partial charge is 0.478 e. The van der Waals surface area contributed by atoms with Crippen LogP contribution < -0.4 is 19.3 Å². The molecule has 2 N–H and O–H groups in total. The number of aromatic nitrogens is 2. The molecule has 0 spiro atoms. The van der Waals surface area contributed by atoms with E-state index >= 15 is 0 Å². The molecule has 0 radical (unpaired) electrons. The van der Waals surface area contributed by atoms with Gasteiger partial charge in [-0.25, -0.2) is 24.4 Å². The highest BCUT2D eigenvalue weighted by Crippen LogP contribution is 2.42. The Morgan fingerprint density at radius 1 is 0.652 bits per heavy atom. The Hall–Kier alpha value is -5.98. The van der Waals surface area contributed by atoms with Gasteiger partial charge in [-0.1, -0.05) is 13.8 Å². The molecule has 2 fully saturated rings. The second-order valence-corrected chi connectivity index (χ2v) is 19.1. The molecular formula is C49H52F6IN5O8. The number of ether oxygens (including phenoxy) is 2. The normalized spacial score (nSPS) is 18.3. The molecule has 0 bridgehead atoms. The van der Waals surface area contributed by atoms with Crippen LogP contribution in [0.15, 0.2) is 60.9 Å². The fourth-order valence-corrected chi connectivity index (χ4v) is 8.80. The number of pyridine rings is 2. The Morgan fingerprint density at radius 3 is 1.38 bits per heavy atom. The molecule has 6 rings (SSSR count). The van der Waals surface area contributed by atoms with Crippen LogP contribution >= 0.6 is 22.6 Å². The highest BCUT2D eigenvalue weighted by Gasteiger charge is 2.38. The van der Waals surface area contributed by atoms with E-state index in [1.54, 1.807) is 50.3 Å². The Kier molecular flexibility index (Phi) is 17.7. The molecule has 13 nitrogen and oxygen atoms in total. The number of rotatable bonds is 12. The zero-order valence-electron chi connectivity index (χ0n) is 38.6. The fourth-order valence-electron chi connectivity index (χ4n) is 8.35. The van der Waals surface area contributed by atoms with Gasteiger partial charge in [0.15, 0.2) is 0 Å². The number of carbonyl (C=O) groups is 4. The monoisotopic (exact) mass is 1080 g/mol. The van der Waals surface area contributed by atoms with E-state index in [1.165, 1.54) is 40.3 Å². The first-order valence-corrected chi connectivity index (χ1v) is 23.3. The number of carboxylic acid groups (broad SMARTS) is 2. The van der Waals surface area contributed by atoms with Gasteiger partial charge in [0.2, 0.25) is 29.3 Å². The summed E-state index contributed by atoms with van der Waals surface area (Å²) >= 11 is 1.72. The minimum atomic E-state index is -4.84. The standard InChI is InChI=1S/C25H26F3N3O4.C24H26F3IN2O4/c1-14(2)31(23(32)16-7-5-15(3)6-8-16)21-10-9-18(12-19(21)24(33)34)35-22-20(25(26,27)28)11-17(29-4)13-30-22;1-13(2)30(22(31)15-6-4-14(3)5-7-15)20-9-8-17(11-18(20)23(32)33)34-21-19(24(25,26)27)10-16(28)12-29-21/h9-16H,5-8H2,1-3H3,(H,33,34);8-15H,4-7H2,1-3H3,(H,32,33). The van der Waals surface area contributed by atoms with Gasteiger partial charge in [0.05, 0.1) is 29.1 Å². The molecular weight excluding hydrogens is 1030 g/mol. The van der Waals surface area contributed by atoms with E-state index in [0.29, 0.717) is 17.9 Å². The second-order valence-electron chi connectivity index (χ2n) is 17.8. The van der Waals surface area contributed by atoms with E-state index in [-0.39, 0.29) is 79.0 Å². The van der Waals surface area contributed by atoms with Crippen LogP contribution in [0, 0.1) is 33.8 Å². The summed E-state index contributed by atoms with van der Waals surface area (Å²) in [4.78, 5) is 64.1. The zero-order chi connectivity index (χ0) is 51.1. The van der Waals surface area contributed by atoms with Crippen molar-refractivity contribution in [1.82, 2.24) is 9.97 Å². The SMILES string of the molecule is CC1CCC(C(=O)N(c2ccc(Oc3ncc(I)cc3C(F)(F)F)cc2C(=O)O)C(C)C)CC1.[C-]#[N+]c1cnc(Oc2ccc(N(C(=O)C3CCC(C)CC3)C(C)C)c(C(=O)O)c2)c(C(F)(F)F)c1.